The molecular formula is C23H18ClN3O4. The standard InChI is InChI=1S/C23H18ClN3O4/c1-30-16-10-11-18(20(13-16)31-2)22(28)26-27-21(14-6-5-7-15(24)12-14)25-19-9-4-3-8-17(19)23(27)29/h3-13H,1-2H3,(H,26,28). The molecule has 3 aromatic carbocycles. The lowest BCUT2D eigenvalue weighted by atomic mass is 10.1. The Labute approximate surface area is 182 Å². The molecule has 0 bridgehead atoms. The van der Waals surface area contributed by atoms with E-state index < -0.39 is 11.5 Å². The van der Waals surface area contributed by atoms with Gasteiger partial charge in [0.25, 0.3) is 11.5 Å². The van der Waals surface area contributed by atoms with Crippen LogP contribution in [0, 0.1) is 0 Å². The molecule has 1 heterocycles. The van der Waals surface area contributed by atoms with Crippen molar-refractivity contribution >= 4 is 28.4 Å². The van der Waals surface area contributed by atoms with E-state index in [1.807, 2.05) is 0 Å². The highest BCUT2D eigenvalue weighted by atomic mass is 35.5. The number of nitrogens with zero attached hydrogens (tertiary/aromatic N) is 2. The maximum Gasteiger partial charge on any atom is 0.280 e. The smallest absolute Gasteiger partial charge is 0.280 e. The molecule has 0 aliphatic heterocycles. The average Bonchev–Trinajstić information content (AvgIpc) is 2.80. The molecule has 1 amide bonds. The van der Waals surface area contributed by atoms with Gasteiger partial charge in [0.2, 0.25) is 0 Å². The SMILES string of the molecule is COc1ccc(C(=O)Nn2c(-c3cccc(Cl)c3)nc3ccccc3c2=O)c(OC)c1. The van der Waals surface area contributed by atoms with Crippen LogP contribution in [0.15, 0.2) is 71.5 Å². The minimum atomic E-state index is -0.540. The summed E-state index contributed by atoms with van der Waals surface area (Å²) >= 11 is 6.14. The lowest BCUT2D eigenvalue weighted by molar-refractivity contribution is 0.100. The topological polar surface area (TPSA) is 82.5 Å². The molecule has 8 heteroatoms. The van der Waals surface area contributed by atoms with E-state index in [9.17, 15) is 9.59 Å². The molecule has 4 rings (SSSR count). The Morgan fingerprint density at radius 2 is 1.81 bits per heavy atom. The maximum absolute atomic E-state index is 13.3. The van der Waals surface area contributed by atoms with Crippen LogP contribution in [-0.2, 0) is 0 Å². The summed E-state index contributed by atoms with van der Waals surface area (Å²) < 4.78 is 11.6. The van der Waals surface area contributed by atoms with E-state index in [1.54, 1.807) is 66.7 Å². The number of methoxy groups -OCH3 is 2. The van der Waals surface area contributed by atoms with E-state index in [1.165, 1.54) is 14.2 Å². The number of ether oxygens (including phenoxy) is 2. The van der Waals surface area contributed by atoms with Gasteiger partial charge in [0.05, 0.1) is 30.7 Å². The van der Waals surface area contributed by atoms with Crippen molar-refractivity contribution in [2.45, 2.75) is 0 Å². The average molecular weight is 436 g/mol. The van der Waals surface area contributed by atoms with Crippen LogP contribution in [0.1, 0.15) is 10.4 Å². The molecule has 4 aromatic rings. The van der Waals surface area contributed by atoms with Crippen molar-refractivity contribution in [1.82, 2.24) is 9.66 Å². The molecule has 0 radical (unpaired) electrons. The molecule has 0 saturated heterocycles. The number of benzene rings is 3. The van der Waals surface area contributed by atoms with Crippen LogP contribution in [0.5, 0.6) is 11.5 Å². The second-order valence-electron chi connectivity index (χ2n) is 6.61. The lowest BCUT2D eigenvalue weighted by Gasteiger charge is -2.16. The Kier molecular flexibility index (Phi) is 5.60. The Hall–Kier alpha value is -3.84. The van der Waals surface area contributed by atoms with Gasteiger partial charge in [-0.3, -0.25) is 15.0 Å². The summed E-state index contributed by atoms with van der Waals surface area (Å²) in [5, 5.41) is 0.852. The van der Waals surface area contributed by atoms with Crippen LogP contribution in [0.3, 0.4) is 0 Å². The number of hydrogen-bond donors (Lipinski definition) is 1. The monoisotopic (exact) mass is 435 g/mol. The van der Waals surface area contributed by atoms with E-state index in [0.717, 1.165) is 4.68 Å². The van der Waals surface area contributed by atoms with Gasteiger partial charge in [0.1, 0.15) is 11.5 Å². The van der Waals surface area contributed by atoms with Crippen molar-refractivity contribution in [2.24, 2.45) is 0 Å². The van der Waals surface area contributed by atoms with Crippen molar-refractivity contribution in [3.05, 3.63) is 87.7 Å². The summed E-state index contributed by atoms with van der Waals surface area (Å²) in [6.07, 6.45) is 0. The number of nitrogens with one attached hydrogen (secondary N) is 1. The van der Waals surface area contributed by atoms with E-state index >= 15 is 0 Å². The number of rotatable bonds is 5. The highest BCUT2D eigenvalue weighted by Gasteiger charge is 2.19. The zero-order valence-corrected chi connectivity index (χ0v) is 17.5. The molecule has 0 saturated carbocycles. The molecule has 0 aliphatic carbocycles. The third-order valence-electron chi connectivity index (χ3n) is 4.73. The fraction of sp³-hybridized carbons (Fsp3) is 0.0870. The van der Waals surface area contributed by atoms with E-state index in [4.69, 9.17) is 21.1 Å². The Morgan fingerprint density at radius 1 is 1.00 bits per heavy atom. The van der Waals surface area contributed by atoms with Gasteiger partial charge in [-0.05, 0) is 36.4 Å². The molecule has 0 spiro atoms. The first-order valence-electron chi connectivity index (χ1n) is 9.33. The molecule has 0 fully saturated rings. The Bertz CT molecular complexity index is 1350. The fourth-order valence-corrected chi connectivity index (χ4v) is 3.40. The van der Waals surface area contributed by atoms with E-state index in [2.05, 4.69) is 10.4 Å². The number of para-hydroxylation sites is 1. The number of amides is 1. The van der Waals surface area contributed by atoms with Crippen molar-refractivity contribution in [2.75, 3.05) is 19.6 Å². The first-order chi connectivity index (χ1) is 15.0. The molecule has 7 nitrogen and oxygen atoms in total. The van der Waals surface area contributed by atoms with Crippen LogP contribution in [0.2, 0.25) is 5.02 Å². The Morgan fingerprint density at radius 3 is 2.55 bits per heavy atom. The number of hydrogen-bond acceptors (Lipinski definition) is 5. The third-order valence-corrected chi connectivity index (χ3v) is 4.96. The van der Waals surface area contributed by atoms with Gasteiger partial charge < -0.3 is 9.47 Å². The molecule has 0 aliphatic rings. The van der Waals surface area contributed by atoms with Crippen LogP contribution in [0.25, 0.3) is 22.3 Å². The fourth-order valence-electron chi connectivity index (χ4n) is 3.21. The molecule has 31 heavy (non-hydrogen) atoms. The predicted octanol–water partition coefficient (Wildman–Crippen LogP) is 4.12. The molecule has 1 aromatic heterocycles. The van der Waals surface area contributed by atoms with Crippen LogP contribution in [0.4, 0.5) is 0 Å². The molecule has 1 N–H and O–H groups in total. The zero-order chi connectivity index (χ0) is 22.0. The summed E-state index contributed by atoms with van der Waals surface area (Å²) in [4.78, 5) is 30.9. The molecule has 0 atom stereocenters. The van der Waals surface area contributed by atoms with Gasteiger partial charge in [-0.25, -0.2) is 4.98 Å². The van der Waals surface area contributed by atoms with Gasteiger partial charge >= 0.3 is 0 Å². The molecular weight excluding hydrogens is 418 g/mol. The van der Waals surface area contributed by atoms with Crippen molar-refractivity contribution in [3.63, 3.8) is 0 Å². The number of aromatic nitrogens is 2. The first-order valence-corrected chi connectivity index (χ1v) is 9.70. The number of halogens is 1. The van der Waals surface area contributed by atoms with Crippen molar-refractivity contribution in [3.8, 4) is 22.9 Å². The van der Waals surface area contributed by atoms with Crippen LogP contribution >= 0.6 is 11.6 Å². The predicted molar refractivity (Wildman–Crippen MR) is 120 cm³/mol. The lowest BCUT2D eigenvalue weighted by Crippen LogP contribution is -2.35. The largest absolute Gasteiger partial charge is 0.497 e. The third kappa shape index (κ3) is 3.95. The van der Waals surface area contributed by atoms with Gasteiger partial charge in [-0.1, -0.05) is 35.9 Å². The van der Waals surface area contributed by atoms with Gasteiger partial charge in [0.15, 0.2) is 5.82 Å². The normalized spacial score (nSPS) is 10.7. The van der Waals surface area contributed by atoms with Crippen molar-refractivity contribution in [1.29, 1.82) is 0 Å². The first kappa shape index (κ1) is 20.4. The van der Waals surface area contributed by atoms with Gasteiger partial charge in [-0.15, -0.1) is 0 Å². The molecule has 0 unspecified atom stereocenters. The summed E-state index contributed by atoms with van der Waals surface area (Å²) in [6, 6.07) is 18.6. The highest BCUT2D eigenvalue weighted by molar-refractivity contribution is 6.30. The molecule has 156 valence electrons. The highest BCUT2D eigenvalue weighted by Crippen LogP contribution is 2.25. The second kappa shape index (κ2) is 8.49. The summed E-state index contributed by atoms with van der Waals surface area (Å²) in [7, 11) is 2.97. The van der Waals surface area contributed by atoms with Crippen LogP contribution < -0.4 is 20.5 Å². The van der Waals surface area contributed by atoms with E-state index in [-0.39, 0.29) is 11.4 Å². The van der Waals surface area contributed by atoms with E-state index in [0.29, 0.717) is 33.0 Å². The van der Waals surface area contributed by atoms with Gasteiger partial charge in [0, 0.05) is 16.7 Å². The minimum Gasteiger partial charge on any atom is -0.497 e. The maximum atomic E-state index is 13.3. The van der Waals surface area contributed by atoms with Crippen LogP contribution in [-0.4, -0.2) is 29.8 Å². The number of carbonyl (C=O) groups excluding carboxylic acids is 1. The van der Waals surface area contributed by atoms with Gasteiger partial charge in [-0.2, -0.15) is 4.68 Å². The zero-order valence-electron chi connectivity index (χ0n) is 16.8. The second-order valence-corrected chi connectivity index (χ2v) is 7.05. The minimum absolute atomic E-state index is 0.236. The number of carbonyl (C=O) groups is 1. The number of fused-ring (bicyclic) bond motifs is 1. The summed E-state index contributed by atoms with van der Waals surface area (Å²) in [6.45, 7) is 0. The Balaban J connectivity index is 1.87. The quantitative estimate of drug-likeness (QED) is 0.510. The van der Waals surface area contributed by atoms with Crippen molar-refractivity contribution < 1.29 is 14.3 Å². The summed E-state index contributed by atoms with van der Waals surface area (Å²) in [5.41, 5.74) is 3.57. The summed E-state index contributed by atoms with van der Waals surface area (Å²) in [5.74, 6) is 0.564.